The predicted octanol–water partition coefficient (Wildman–Crippen LogP) is 5.96. The molecule has 0 aliphatic heterocycles. The lowest BCUT2D eigenvalue weighted by Crippen LogP contribution is -2.21. The minimum absolute atomic E-state index is 0.216. The molecule has 0 aliphatic rings. The van der Waals surface area contributed by atoms with Gasteiger partial charge in [0, 0.05) is 35.5 Å². The lowest BCUT2D eigenvalue weighted by atomic mass is 9.92. The highest BCUT2D eigenvalue weighted by Gasteiger charge is 2.22. The second-order valence-corrected chi connectivity index (χ2v) is 9.90. The zero-order valence-electron chi connectivity index (χ0n) is 22.8. The van der Waals surface area contributed by atoms with Crippen molar-refractivity contribution in [2.24, 2.45) is 0 Å². The molecule has 0 bridgehead atoms. The molecule has 5 rings (SSSR count). The molecule has 3 aromatic heterocycles. The molecule has 0 radical (unpaired) electrons. The number of fused-ring (bicyclic) bond motifs is 1. The smallest absolute Gasteiger partial charge is 0.324 e. The molecule has 0 spiro atoms. The zero-order chi connectivity index (χ0) is 28.3. The second-order valence-electron chi connectivity index (χ2n) is 9.90. The van der Waals surface area contributed by atoms with E-state index in [0.29, 0.717) is 45.5 Å². The van der Waals surface area contributed by atoms with Crippen LogP contribution in [0.2, 0.25) is 0 Å². The van der Waals surface area contributed by atoms with Crippen LogP contribution in [0.25, 0.3) is 16.6 Å². The SMILES string of the molecule is COc1cc2ncnc(Oc3cccc(NC(=O)Nc4cc(C(C)(C)C)nn4-c4cccnc4)c3)c2cc1OC. The van der Waals surface area contributed by atoms with Gasteiger partial charge in [-0.2, -0.15) is 5.10 Å². The quantitative estimate of drug-likeness (QED) is 0.259. The number of ether oxygens (including phenoxy) is 3. The van der Waals surface area contributed by atoms with Gasteiger partial charge >= 0.3 is 6.03 Å². The Bertz CT molecular complexity index is 1660. The van der Waals surface area contributed by atoms with Crippen molar-refractivity contribution in [1.82, 2.24) is 24.7 Å². The van der Waals surface area contributed by atoms with Crippen LogP contribution >= 0.6 is 0 Å². The van der Waals surface area contributed by atoms with Crippen molar-refractivity contribution in [3.63, 3.8) is 0 Å². The van der Waals surface area contributed by atoms with Crippen molar-refractivity contribution in [2.45, 2.75) is 26.2 Å². The van der Waals surface area contributed by atoms with E-state index in [4.69, 9.17) is 19.3 Å². The van der Waals surface area contributed by atoms with E-state index >= 15 is 0 Å². The van der Waals surface area contributed by atoms with Gasteiger partial charge in [-0.1, -0.05) is 26.8 Å². The molecular weight excluding hydrogens is 510 g/mol. The van der Waals surface area contributed by atoms with Crippen molar-refractivity contribution >= 4 is 28.4 Å². The fourth-order valence-corrected chi connectivity index (χ4v) is 3.98. The van der Waals surface area contributed by atoms with Crippen LogP contribution < -0.4 is 24.8 Å². The van der Waals surface area contributed by atoms with Gasteiger partial charge in [-0.3, -0.25) is 10.3 Å². The maximum Gasteiger partial charge on any atom is 0.324 e. The molecule has 0 fully saturated rings. The molecule has 0 saturated heterocycles. The number of carbonyl (C=O) groups excluding carboxylic acids is 1. The van der Waals surface area contributed by atoms with Crippen molar-refractivity contribution in [3.05, 3.63) is 79.0 Å². The van der Waals surface area contributed by atoms with E-state index < -0.39 is 6.03 Å². The molecule has 0 atom stereocenters. The highest BCUT2D eigenvalue weighted by molar-refractivity contribution is 5.99. The Morgan fingerprint density at radius 1 is 0.925 bits per heavy atom. The monoisotopic (exact) mass is 539 g/mol. The van der Waals surface area contributed by atoms with Crippen LogP contribution in [0.1, 0.15) is 26.5 Å². The molecular formula is C29H29N7O4. The van der Waals surface area contributed by atoms with Crippen LogP contribution in [0, 0.1) is 0 Å². The van der Waals surface area contributed by atoms with Gasteiger partial charge in [-0.25, -0.2) is 19.4 Å². The molecule has 5 aromatic rings. The summed E-state index contributed by atoms with van der Waals surface area (Å²) in [4.78, 5) is 25.8. The predicted molar refractivity (Wildman–Crippen MR) is 152 cm³/mol. The third-order valence-corrected chi connectivity index (χ3v) is 6.02. The number of rotatable bonds is 7. The first-order valence-electron chi connectivity index (χ1n) is 12.5. The number of urea groups is 1. The normalized spacial score (nSPS) is 11.2. The second kappa shape index (κ2) is 10.9. The van der Waals surface area contributed by atoms with Crippen LogP contribution in [-0.2, 0) is 5.41 Å². The Kier molecular flexibility index (Phi) is 7.19. The molecule has 2 amide bonds. The maximum absolute atomic E-state index is 13.0. The average molecular weight is 540 g/mol. The summed E-state index contributed by atoms with van der Waals surface area (Å²) in [6.45, 7) is 6.18. The van der Waals surface area contributed by atoms with Crippen molar-refractivity contribution < 1.29 is 19.0 Å². The third kappa shape index (κ3) is 5.63. The van der Waals surface area contributed by atoms with Gasteiger partial charge in [-0.05, 0) is 30.3 Å². The Morgan fingerprint density at radius 2 is 1.73 bits per heavy atom. The Balaban J connectivity index is 1.36. The van der Waals surface area contributed by atoms with Gasteiger partial charge in [0.05, 0.1) is 42.7 Å². The van der Waals surface area contributed by atoms with Crippen molar-refractivity contribution in [1.29, 1.82) is 0 Å². The first-order valence-corrected chi connectivity index (χ1v) is 12.5. The first-order chi connectivity index (χ1) is 19.2. The fraction of sp³-hybridized carbons (Fsp3) is 0.207. The average Bonchev–Trinajstić information content (AvgIpc) is 3.37. The summed E-state index contributed by atoms with van der Waals surface area (Å²) in [5.74, 6) is 2.41. The molecule has 204 valence electrons. The number of nitrogens with one attached hydrogen (secondary N) is 2. The number of anilines is 2. The summed E-state index contributed by atoms with van der Waals surface area (Å²) in [7, 11) is 3.12. The summed E-state index contributed by atoms with van der Waals surface area (Å²) in [5.41, 5.74) is 2.50. The number of hydrogen-bond donors (Lipinski definition) is 2. The van der Waals surface area contributed by atoms with Gasteiger partial charge in [0.15, 0.2) is 11.5 Å². The highest BCUT2D eigenvalue weighted by atomic mass is 16.5. The lowest BCUT2D eigenvalue weighted by Gasteiger charge is -2.14. The lowest BCUT2D eigenvalue weighted by molar-refractivity contribution is 0.262. The van der Waals surface area contributed by atoms with Crippen LogP contribution in [0.3, 0.4) is 0 Å². The van der Waals surface area contributed by atoms with E-state index in [2.05, 4.69) is 46.4 Å². The number of methoxy groups -OCH3 is 2. The summed E-state index contributed by atoms with van der Waals surface area (Å²) < 4.78 is 18.5. The minimum atomic E-state index is -0.438. The molecule has 2 aromatic carbocycles. The number of aromatic nitrogens is 5. The topological polar surface area (TPSA) is 125 Å². The molecule has 11 nitrogen and oxygen atoms in total. The number of hydrogen-bond acceptors (Lipinski definition) is 8. The summed E-state index contributed by atoms with van der Waals surface area (Å²) in [6, 6.07) is 15.6. The van der Waals surface area contributed by atoms with Crippen LogP contribution in [0.5, 0.6) is 23.1 Å². The van der Waals surface area contributed by atoms with E-state index in [1.807, 2.05) is 18.2 Å². The fourth-order valence-electron chi connectivity index (χ4n) is 3.98. The van der Waals surface area contributed by atoms with E-state index in [9.17, 15) is 4.79 Å². The van der Waals surface area contributed by atoms with Gasteiger partial charge < -0.3 is 19.5 Å². The van der Waals surface area contributed by atoms with Crippen LogP contribution in [0.4, 0.5) is 16.3 Å². The summed E-state index contributed by atoms with van der Waals surface area (Å²) >= 11 is 0. The molecule has 3 heterocycles. The highest BCUT2D eigenvalue weighted by Crippen LogP contribution is 2.36. The van der Waals surface area contributed by atoms with Crippen molar-refractivity contribution in [2.75, 3.05) is 24.9 Å². The Morgan fingerprint density at radius 3 is 2.45 bits per heavy atom. The standard InChI is InChI=1S/C29H29N7O4/c1-29(2,3)25-15-26(36(35-25)19-9-7-11-30-16-19)34-28(37)33-18-8-6-10-20(12-18)40-27-21-13-23(38-4)24(39-5)14-22(21)31-17-32-27/h6-17H,1-5H3,(H2,33,34,37). The summed E-state index contributed by atoms with van der Waals surface area (Å²) in [5, 5.41) is 11.1. The molecule has 11 heteroatoms. The van der Waals surface area contributed by atoms with Crippen molar-refractivity contribution in [3.8, 4) is 28.8 Å². The first kappa shape index (κ1) is 26.4. The van der Waals surface area contributed by atoms with E-state index in [0.717, 1.165) is 11.4 Å². The molecule has 40 heavy (non-hydrogen) atoms. The van der Waals surface area contributed by atoms with E-state index in [-0.39, 0.29) is 5.41 Å². The van der Waals surface area contributed by atoms with Gasteiger partial charge in [0.2, 0.25) is 5.88 Å². The molecule has 0 saturated carbocycles. The van der Waals surface area contributed by atoms with Gasteiger partial charge in [-0.15, -0.1) is 0 Å². The number of benzene rings is 2. The van der Waals surface area contributed by atoms with Gasteiger partial charge in [0.1, 0.15) is 17.9 Å². The van der Waals surface area contributed by atoms with E-state index in [1.54, 1.807) is 67.7 Å². The van der Waals surface area contributed by atoms with E-state index in [1.165, 1.54) is 6.33 Å². The van der Waals surface area contributed by atoms with Crippen LogP contribution in [-0.4, -0.2) is 45.0 Å². The number of pyridine rings is 1. The number of nitrogens with zero attached hydrogens (tertiary/aromatic N) is 5. The molecule has 0 unspecified atom stereocenters. The van der Waals surface area contributed by atoms with Gasteiger partial charge in [0.25, 0.3) is 0 Å². The number of amides is 2. The third-order valence-electron chi connectivity index (χ3n) is 6.02. The summed E-state index contributed by atoms with van der Waals surface area (Å²) in [6.07, 6.45) is 4.78. The Hall–Kier alpha value is -5.19. The Labute approximate surface area is 231 Å². The molecule has 0 aliphatic carbocycles. The van der Waals surface area contributed by atoms with Crippen LogP contribution in [0.15, 0.2) is 73.3 Å². The molecule has 2 N–H and O–H groups in total. The maximum atomic E-state index is 13.0. The minimum Gasteiger partial charge on any atom is -0.493 e. The number of carbonyl (C=O) groups is 1. The largest absolute Gasteiger partial charge is 0.493 e. The zero-order valence-corrected chi connectivity index (χ0v) is 22.8.